The fraction of sp³-hybridized carbons (Fsp3) is 0.545. The molecule has 1 aliphatic rings. The van der Waals surface area contributed by atoms with Gasteiger partial charge >= 0.3 is 6.09 Å². The minimum absolute atomic E-state index is 0.0433. The molecule has 1 unspecified atom stereocenters. The smallest absolute Gasteiger partial charge is 0.415 e. The lowest BCUT2D eigenvalue weighted by Crippen LogP contribution is -2.52. The number of rotatable bonds is 6. The summed E-state index contributed by atoms with van der Waals surface area (Å²) in [6.07, 6.45) is -0.304. The number of ether oxygens (including phenoxy) is 1. The van der Waals surface area contributed by atoms with Gasteiger partial charge in [-0.05, 0) is 59.5 Å². The van der Waals surface area contributed by atoms with Gasteiger partial charge in [0.25, 0.3) is 0 Å². The van der Waals surface area contributed by atoms with Gasteiger partial charge in [-0.15, -0.1) is 0 Å². The molecular weight excluding hydrogens is 565 g/mol. The summed E-state index contributed by atoms with van der Waals surface area (Å²) >= 11 is 3.23. The minimum atomic E-state index is -1.39. The molecule has 1 aromatic rings. The molecular formula is C22H31F2IN2O3SSi. The molecule has 0 fully saturated rings. The van der Waals surface area contributed by atoms with E-state index in [1.165, 1.54) is 23.9 Å². The van der Waals surface area contributed by atoms with Crippen LogP contribution in [-0.2, 0) is 10.3 Å². The van der Waals surface area contributed by atoms with Crippen molar-refractivity contribution in [3.63, 3.8) is 0 Å². The topological polar surface area (TPSA) is 62.1 Å². The summed E-state index contributed by atoms with van der Waals surface area (Å²) in [6, 6.07) is 4.82. The van der Waals surface area contributed by atoms with Crippen LogP contribution in [0, 0.1) is 17.0 Å². The zero-order valence-corrected chi connectivity index (χ0v) is 23.5. The molecule has 0 bridgehead atoms. The summed E-state index contributed by atoms with van der Waals surface area (Å²) < 4.78 is 35.4. The zero-order valence-electron chi connectivity index (χ0n) is 19.5. The number of halogens is 3. The molecule has 2 atom stereocenters. The predicted octanol–water partition coefficient (Wildman–Crippen LogP) is 7.27. The third kappa shape index (κ3) is 6.77. The van der Waals surface area contributed by atoms with Gasteiger partial charge in [0.2, 0.25) is 0 Å². The second-order valence-corrected chi connectivity index (χ2v) is 18.8. The van der Waals surface area contributed by atoms with E-state index in [9.17, 15) is 18.7 Å². The molecule has 0 aliphatic carbocycles. The van der Waals surface area contributed by atoms with Crippen LogP contribution in [0.5, 0.6) is 0 Å². The maximum Gasteiger partial charge on any atom is 0.415 e. The molecule has 1 N–H and O–H groups in total. The molecule has 5 nitrogen and oxygen atoms in total. The summed E-state index contributed by atoms with van der Waals surface area (Å²) in [5.41, 5.74) is -1.77. The summed E-state index contributed by atoms with van der Waals surface area (Å²) in [4.78, 5) is 18.2. The zero-order chi connectivity index (χ0) is 24.5. The Labute approximate surface area is 207 Å². The molecule has 0 aromatic heterocycles. The fourth-order valence-corrected chi connectivity index (χ4v) is 6.10. The van der Waals surface area contributed by atoms with E-state index >= 15 is 0 Å². The predicted molar refractivity (Wildman–Crippen MR) is 138 cm³/mol. The van der Waals surface area contributed by atoms with Crippen molar-refractivity contribution in [3.05, 3.63) is 44.4 Å². The van der Waals surface area contributed by atoms with E-state index in [2.05, 4.69) is 47.2 Å². The normalized spacial score (nSPS) is 20.4. The largest absolute Gasteiger partial charge is 0.465 e. The highest BCUT2D eigenvalue weighted by atomic mass is 127. The number of amidine groups is 1. The summed E-state index contributed by atoms with van der Waals surface area (Å²) in [7, 11) is -1.39. The van der Waals surface area contributed by atoms with Crippen molar-refractivity contribution in [2.75, 3.05) is 6.61 Å². The second kappa shape index (κ2) is 10.1. The number of carbonyl (C=O) groups is 1. The Kier molecular flexibility index (Phi) is 8.61. The maximum absolute atomic E-state index is 14.6. The van der Waals surface area contributed by atoms with Crippen LogP contribution in [0.3, 0.4) is 0 Å². The van der Waals surface area contributed by atoms with Gasteiger partial charge in [-0.25, -0.2) is 23.5 Å². The number of hydrogen-bond acceptors (Lipinski definition) is 4. The lowest BCUT2D eigenvalue weighted by Gasteiger charge is -2.40. The van der Waals surface area contributed by atoms with E-state index < -0.39 is 43.0 Å². The molecule has 32 heavy (non-hydrogen) atoms. The van der Waals surface area contributed by atoms with Gasteiger partial charge in [0.15, 0.2) is 16.8 Å². The summed E-state index contributed by atoms with van der Waals surface area (Å²) in [6.45, 7) is 14.5. The third-order valence-electron chi connectivity index (χ3n) is 4.92. The number of amides is 1. The van der Waals surface area contributed by atoms with Crippen molar-refractivity contribution < 1.29 is 23.4 Å². The standard InChI is InChI=1S/C22H31F2IN2O3SSi/c1-21(2,3)18(30-11-12-32(5,6)7)27(20(28)29)19-26-22(4,13-16(25)31-19)14-9-8-10-15(23)17(14)24/h8-10,13,18H,11-12H2,1-7H3,(H,28,29)/t18-,22?/m0/s1. The van der Waals surface area contributed by atoms with Crippen LogP contribution in [0.15, 0.2) is 32.2 Å². The Morgan fingerprint density at radius 2 is 1.97 bits per heavy atom. The Balaban J connectivity index is 2.52. The number of benzene rings is 1. The highest BCUT2D eigenvalue weighted by molar-refractivity contribution is 14.1. The number of aliphatic imine (C=N–C) groups is 1. The lowest BCUT2D eigenvalue weighted by molar-refractivity contribution is -0.0759. The van der Waals surface area contributed by atoms with E-state index in [1.54, 1.807) is 13.0 Å². The van der Waals surface area contributed by atoms with Crippen LogP contribution < -0.4 is 0 Å². The quantitative estimate of drug-likeness (QED) is 0.213. The summed E-state index contributed by atoms with van der Waals surface area (Å²) in [5, 5.41) is 10.3. The first-order chi connectivity index (χ1) is 14.5. The highest BCUT2D eigenvalue weighted by Crippen LogP contribution is 2.43. The number of hydrogen-bond donors (Lipinski definition) is 1. The van der Waals surface area contributed by atoms with Gasteiger partial charge in [0.05, 0.1) is 2.91 Å². The van der Waals surface area contributed by atoms with E-state index in [4.69, 9.17) is 4.74 Å². The van der Waals surface area contributed by atoms with Crippen LogP contribution in [0.25, 0.3) is 0 Å². The number of thioether (sulfide) groups is 1. The van der Waals surface area contributed by atoms with Crippen molar-refractivity contribution >= 4 is 53.7 Å². The van der Waals surface area contributed by atoms with Crippen LogP contribution in [0.1, 0.15) is 33.3 Å². The fourth-order valence-electron chi connectivity index (χ4n) is 3.20. The van der Waals surface area contributed by atoms with Crippen molar-refractivity contribution in [2.24, 2.45) is 10.4 Å². The van der Waals surface area contributed by atoms with E-state index in [0.717, 1.165) is 17.0 Å². The Morgan fingerprint density at radius 1 is 1.34 bits per heavy atom. The highest BCUT2D eigenvalue weighted by Gasteiger charge is 2.41. The Bertz CT molecular complexity index is 931. The minimum Gasteiger partial charge on any atom is -0.465 e. The number of nitrogens with zero attached hydrogens (tertiary/aromatic N) is 2. The van der Waals surface area contributed by atoms with Crippen LogP contribution in [0.4, 0.5) is 13.6 Å². The second-order valence-electron chi connectivity index (χ2n) is 10.2. The maximum atomic E-state index is 14.6. The first-order valence-corrected chi connectivity index (χ1v) is 15.9. The molecule has 1 amide bonds. The molecule has 10 heteroatoms. The molecule has 178 valence electrons. The Morgan fingerprint density at radius 3 is 2.50 bits per heavy atom. The first kappa shape index (κ1) is 27.3. The molecule has 2 rings (SSSR count). The molecule has 1 heterocycles. The van der Waals surface area contributed by atoms with Gasteiger partial charge < -0.3 is 9.84 Å². The van der Waals surface area contributed by atoms with Crippen molar-refractivity contribution in [2.45, 2.75) is 65.1 Å². The van der Waals surface area contributed by atoms with E-state index in [1.807, 2.05) is 20.8 Å². The van der Waals surface area contributed by atoms with Gasteiger partial charge in [-0.3, -0.25) is 0 Å². The molecule has 0 radical (unpaired) electrons. The van der Waals surface area contributed by atoms with Crippen molar-refractivity contribution in [3.8, 4) is 0 Å². The average molecular weight is 597 g/mol. The number of carboxylic acid groups (broad SMARTS) is 1. The lowest BCUT2D eigenvalue weighted by atomic mass is 9.92. The van der Waals surface area contributed by atoms with Gasteiger partial charge in [0, 0.05) is 25.7 Å². The van der Waals surface area contributed by atoms with Crippen LogP contribution >= 0.6 is 34.4 Å². The molecule has 0 saturated carbocycles. The first-order valence-electron chi connectivity index (χ1n) is 10.3. The van der Waals surface area contributed by atoms with Crippen LogP contribution in [0.2, 0.25) is 25.7 Å². The average Bonchev–Trinajstić information content (AvgIpc) is 2.60. The van der Waals surface area contributed by atoms with Gasteiger partial charge in [0.1, 0.15) is 11.8 Å². The monoisotopic (exact) mass is 596 g/mol. The van der Waals surface area contributed by atoms with Gasteiger partial charge in [-0.1, -0.05) is 52.5 Å². The van der Waals surface area contributed by atoms with E-state index in [0.29, 0.717) is 9.52 Å². The van der Waals surface area contributed by atoms with Crippen molar-refractivity contribution in [1.29, 1.82) is 0 Å². The molecule has 1 aliphatic heterocycles. The molecule has 0 spiro atoms. The molecule has 1 aromatic carbocycles. The van der Waals surface area contributed by atoms with Crippen LogP contribution in [-0.4, -0.2) is 42.2 Å². The molecule has 0 saturated heterocycles. The van der Waals surface area contributed by atoms with E-state index in [-0.39, 0.29) is 10.7 Å². The Hall–Kier alpha value is -0.983. The third-order valence-corrected chi connectivity index (χ3v) is 8.38. The SMILES string of the molecule is CC1(c2cccc(F)c2F)C=C(I)SC(N(C(=O)O)[C@@H](OCC[Si](C)(C)C)C(C)(C)C)=N1. The summed E-state index contributed by atoms with van der Waals surface area (Å²) in [5.74, 6) is -1.97. The van der Waals surface area contributed by atoms with Crippen molar-refractivity contribution in [1.82, 2.24) is 4.90 Å². The van der Waals surface area contributed by atoms with Gasteiger partial charge in [-0.2, -0.15) is 0 Å².